The predicted octanol–water partition coefficient (Wildman–Crippen LogP) is -5.78. The molecule has 0 N–H and O–H groups in total. The van der Waals surface area contributed by atoms with Crippen molar-refractivity contribution in [3.05, 3.63) is 0 Å². The number of hydrogen-bond donors (Lipinski definition) is 0. The first kappa shape index (κ1) is 51.5. The van der Waals surface area contributed by atoms with Gasteiger partial charge in [0.2, 0.25) is 0 Å². The van der Waals surface area contributed by atoms with Crippen LogP contribution < -0.4 is 0 Å². The average Bonchev–Trinajstić information content (AvgIpc) is 1.00. The molecule has 0 atom stereocenters. The third-order valence-corrected chi connectivity index (χ3v) is 0. The van der Waals surface area contributed by atoms with Crippen molar-refractivity contribution in [3.8, 4) is 0 Å². The molecule has 0 aromatic heterocycles. The van der Waals surface area contributed by atoms with Crippen molar-refractivity contribution in [3.63, 3.8) is 0 Å². The number of hydrogen-bond acceptors (Lipinski definition) is 1. The van der Waals surface area contributed by atoms with Crippen molar-refractivity contribution in [2.75, 3.05) is 0 Å². The smallest absolute Gasteiger partial charge is 0 e. The summed E-state index contributed by atoms with van der Waals surface area (Å²) in [6.07, 6.45) is 0. The molecule has 0 aromatic carbocycles. The fourth-order valence-electron chi connectivity index (χ4n) is 0. The van der Waals surface area contributed by atoms with Gasteiger partial charge in [0.05, 0.1) is 0 Å². The molecule has 0 aromatic rings. The second-order valence-electron chi connectivity index (χ2n) is 0. The van der Waals surface area contributed by atoms with Gasteiger partial charge in [-0.15, -0.1) is 0 Å². The van der Waals surface area contributed by atoms with Gasteiger partial charge >= 0.3 is 116 Å². The van der Waals surface area contributed by atoms with E-state index < -0.39 is 0 Å². The Morgan fingerprint density at radius 3 is 1.12 bits per heavy atom. The van der Waals surface area contributed by atoms with Crippen LogP contribution in [0.5, 0.6) is 0 Å². The zero-order valence-electron chi connectivity index (χ0n) is 2.32. The SMILES string of the molecule is [Cd].[GaH3].[GeH4].[InH3].[O]=[Pb].[SnH4].[Zn]. The molecule has 0 heterocycles. The molecule has 8 heteroatoms. The topological polar surface area (TPSA) is 17.1 Å². The molecule has 0 aliphatic rings. The summed E-state index contributed by atoms with van der Waals surface area (Å²) in [5.41, 5.74) is 0. The molecule has 0 aliphatic heterocycles. The van der Waals surface area contributed by atoms with E-state index in [2.05, 4.69) is 0 Å². The third-order valence-electron chi connectivity index (χ3n) is 0. The molecule has 0 spiro atoms. The van der Waals surface area contributed by atoms with Crippen LogP contribution in [-0.2, 0) is 49.5 Å². The molecule has 0 saturated heterocycles. The minimum atomic E-state index is 0. The quantitative estimate of drug-likeness (QED) is 0.224. The molecular formula is H14CdGaGeInOPbSnZn. The Morgan fingerprint density at radius 1 is 1.12 bits per heavy atom. The molecule has 0 aliphatic carbocycles. The molecule has 0 rings (SSSR count). The summed E-state index contributed by atoms with van der Waals surface area (Å²) in [5, 5.41) is 0. The van der Waals surface area contributed by atoms with Crippen LogP contribution in [0.25, 0.3) is 0 Å². The third kappa shape index (κ3) is 43.5. The second-order valence-corrected chi connectivity index (χ2v) is 0. The minimum absolute atomic E-state index is 0. The maximum atomic E-state index is 8.39. The largest absolute Gasteiger partial charge is 0 e. The molecular weight excluding hydrogens is 777 g/mol. The summed E-state index contributed by atoms with van der Waals surface area (Å²) >= 11 is 0.0556. The van der Waals surface area contributed by atoms with E-state index in [1.807, 2.05) is 0 Å². The van der Waals surface area contributed by atoms with Crippen LogP contribution in [0, 0.1) is 0 Å². The predicted molar refractivity (Wildman–Crippen MR) is 49.0 cm³/mol. The molecule has 0 fully saturated rings. The van der Waals surface area contributed by atoms with Gasteiger partial charge in [0.15, 0.2) is 0 Å². The Morgan fingerprint density at radius 2 is 1.12 bits per heavy atom. The van der Waals surface area contributed by atoms with E-state index in [0.29, 0.717) is 0 Å². The van der Waals surface area contributed by atoms with Crippen LogP contribution >= 0.6 is 0 Å². The summed E-state index contributed by atoms with van der Waals surface area (Å²) in [7, 11) is 0. The van der Waals surface area contributed by atoms with Crippen molar-refractivity contribution in [2.45, 2.75) is 0 Å². The van der Waals surface area contributed by atoms with Gasteiger partial charge in [-0.1, -0.05) is 0 Å². The molecule has 0 amide bonds. The Balaban J connectivity index is -0.000000000333. The first-order valence-corrected chi connectivity index (χ1v) is 1.79. The fraction of sp³-hybridized carbons (Fsp3) is 0. The van der Waals surface area contributed by atoms with Crippen molar-refractivity contribution >= 4 is 113 Å². The van der Waals surface area contributed by atoms with Crippen molar-refractivity contribution in [1.82, 2.24) is 0 Å². The summed E-state index contributed by atoms with van der Waals surface area (Å²) in [6, 6.07) is 0. The molecule has 1 nitrogen and oxygen atoms in total. The van der Waals surface area contributed by atoms with Crippen LogP contribution in [0.15, 0.2) is 0 Å². The normalized spacial score (nSPS) is 0.500. The van der Waals surface area contributed by atoms with Crippen molar-refractivity contribution in [2.24, 2.45) is 0 Å². The summed E-state index contributed by atoms with van der Waals surface area (Å²) in [6.45, 7) is 0. The molecule has 0 saturated carbocycles. The van der Waals surface area contributed by atoms with E-state index in [1.54, 1.807) is 0 Å². The molecule has 42 valence electrons. The van der Waals surface area contributed by atoms with Crippen LogP contribution in [-0.4, -0.2) is 113 Å². The zero-order chi connectivity index (χ0) is 2.00. The fourth-order valence-corrected chi connectivity index (χ4v) is 0. The maximum absolute atomic E-state index is 8.39. The summed E-state index contributed by atoms with van der Waals surface area (Å²) < 4.78 is 8.39. The van der Waals surface area contributed by atoms with Crippen LogP contribution in [0.4, 0.5) is 0 Å². The van der Waals surface area contributed by atoms with E-state index in [0.717, 1.165) is 0 Å². The Bertz CT molecular complexity index is 24.0. The van der Waals surface area contributed by atoms with Crippen molar-refractivity contribution < 1.29 is 49.5 Å². The Hall–Kier alpha value is 5.12. The zero-order valence-corrected chi connectivity index (χ0v) is 13.2. The van der Waals surface area contributed by atoms with Gasteiger partial charge in [-0.3, -0.25) is 0 Å². The van der Waals surface area contributed by atoms with Crippen molar-refractivity contribution in [1.29, 1.82) is 0 Å². The molecule has 8 heavy (non-hydrogen) atoms. The van der Waals surface area contributed by atoms with Gasteiger partial charge in [0, 0.05) is 46.8 Å². The van der Waals surface area contributed by atoms with E-state index in [1.165, 1.54) is 0 Å². The van der Waals surface area contributed by atoms with Crippen LogP contribution in [0.3, 0.4) is 0 Å². The van der Waals surface area contributed by atoms with E-state index in [-0.39, 0.29) is 160 Å². The Labute approximate surface area is 158 Å². The number of rotatable bonds is 0. The van der Waals surface area contributed by atoms with E-state index in [9.17, 15) is 0 Å². The average molecular weight is 791 g/mol. The molecule has 0 unspecified atom stereocenters. The van der Waals surface area contributed by atoms with Gasteiger partial charge < -0.3 is 0 Å². The van der Waals surface area contributed by atoms with Gasteiger partial charge in [-0.25, -0.2) is 0 Å². The van der Waals surface area contributed by atoms with Gasteiger partial charge in [-0.2, -0.15) is 0 Å². The first-order valence-electron chi connectivity index (χ1n) is 0.204. The van der Waals surface area contributed by atoms with E-state index >= 15 is 0 Å². The maximum Gasteiger partial charge on any atom is 0 e. The van der Waals surface area contributed by atoms with E-state index in [4.69, 9.17) is 2.69 Å². The van der Waals surface area contributed by atoms with Crippen LogP contribution in [0.2, 0.25) is 0 Å². The summed E-state index contributed by atoms with van der Waals surface area (Å²) in [4.78, 5) is 0. The van der Waals surface area contributed by atoms with Crippen LogP contribution in [0.1, 0.15) is 0 Å². The van der Waals surface area contributed by atoms with Gasteiger partial charge in [0.1, 0.15) is 0 Å². The van der Waals surface area contributed by atoms with Gasteiger partial charge in [0.25, 0.3) is 0 Å². The Kier molecular flexibility index (Phi) is 368. The first-order chi connectivity index (χ1) is 1.00. The molecule has 0 bridgehead atoms. The summed E-state index contributed by atoms with van der Waals surface area (Å²) in [5.74, 6) is 0. The van der Waals surface area contributed by atoms with Gasteiger partial charge in [-0.05, 0) is 0 Å². The minimum Gasteiger partial charge on any atom is 0 e. The second kappa shape index (κ2) is 57.2. The monoisotopic (exact) mass is 794 g/mol. The standard InChI is InChI=1S/Cd.Ga.GeH4.In.O.Pb.Sn.Zn.10H/h;;1H4;;;;;;;;;;;;;;;. The molecule has 2 radical (unpaired) electrons.